The fourth-order valence-corrected chi connectivity index (χ4v) is 3.02. The number of carbonyl (C=O) groups is 3. The summed E-state index contributed by atoms with van der Waals surface area (Å²) < 4.78 is 6.00. The molecule has 140 valence electrons. The van der Waals surface area contributed by atoms with Gasteiger partial charge in [0.15, 0.2) is 6.73 Å². The van der Waals surface area contributed by atoms with Crippen molar-refractivity contribution in [2.45, 2.75) is 19.7 Å². The van der Waals surface area contributed by atoms with Crippen LogP contribution in [0.15, 0.2) is 53.3 Å². The van der Waals surface area contributed by atoms with E-state index < -0.39 is 36.1 Å². The van der Waals surface area contributed by atoms with E-state index in [2.05, 4.69) is 10.3 Å². The summed E-state index contributed by atoms with van der Waals surface area (Å²) in [6, 6.07) is 11.8. The first-order chi connectivity index (χ1) is 13.5. The number of esters is 1. The fraction of sp³-hybridized carbons (Fsp3) is 0.158. The number of benzene rings is 2. The molecule has 3 aromatic rings. The van der Waals surface area contributed by atoms with Crippen molar-refractivity contribution in [2.75, 3.05) is 0 Å². The zero-order valence-corrected chi connectivity index (χ0v) is 14.7. The summed E-state index contributed by atoms with van der Waals surface area (Å²) >= 11 is 0. The van der Waals surface area contributed by atoms with Crippen molar-refractivity contribution in [3.63, 3.8) is 0 Å². The highest BCUT2D eigenvalue weighted by molar-refractivity contribution is 6.22. The first-order valence-corrected chi connectivity index (χ1v) is 8.45. The summed E-state index contributed by atoms with van der Waals surface area (Å²) in [5, 5.41) is 7.96. The van der Waals surface area contributed by atoms with Crippen LogP contribution in [0, 0.1) is 0 Å². The molecule has 9 heteroatoms. The van der Waals surface area contributed by atoms with Gasteiger partial charge in [0, 0.05) is 0 Å². The van der Waals surface area contributed by atoms with Crippen molar-refractivity contribution in [3.05, 3.63) is 70.0 Å². The van der Waals surface area contributed by atoms with Crippen molar-refractivity contribution < 1.29 is 19.1 Å². The number of hydrogen-bond acceptors (Lipinski definition) is 7. The van der Waals surface area contributed by atoms with E-state index in [-0.39, 0.29) is 11.1 Å². The number of aromatic nitrogens is 3. The van der Waals surface area contributed by atoms with Crippen molar-refractivity contribution in [1.29, 1.82) is 0 Å². The van der Waals surface area contributed by atoms with Gasteiger partial charge >= 0.3 is 5.97 Å². The molecule has 0 spiro atoms. The van der Waals surface area contributed by atoms with Gasteiger partial charge in [0.05, 0.1) is 16.5 Å². The van der Waals surface area contributed by atoms with Crippen LogP contribution in [0.3, 0.4) is 0 Å². The minimum absolute atomic E-state index is 0.240. The van der Waals surface area contributed by atoms with Crippen LogP contribution < -0.4 is 5.56 Å². The van der Waals surface area contributed by atoms with Gasteiger partial charge < -0.3 is 4.74 Å². The minimum atomic E-state index is -1.16. The Balaban J connectivity index is 1.51. The molecule has 2 aromatic carbocycles. The quantitative estimate of drug-likeness (QED) is 0.491. The Bertz CT molecular complexity index is 1150. The molecule has 0 saturated heterocycles. The molecule has 0 saturated carbocycles. The zero-order valence-electron chi connectivity index (χ0n) is 14.7. The maximum Gasteiger partial charge on any atom is 0.330 e. The average molecular weight is 378 g/mol. The maximum absolute atomic E-state index is 12.4. The van der Waals surface area contributed by atoms with Crippen LogP contribution >= 0.6 is 0 Å². The molecule has 4 rings (SSSR count). The Morgan fingerprint density at radius 3 is 2.29 bits per heavy atom. The highest BCUT2D eigenvalue weighted by atomic mass is 16.5. The molecule has 2 heterocycles. The first kappa shape index (κ1) is 17.5. The lowest BCUT2D eigenvalue weighted by molar-refractivity contribution is -0.152. The molecule has 0 N–H and O–H groups in total. The van der Waals surface area contributed by atoms with Crippen molar-refractivity contribution in [1.82, 2.24) is 19.9 Å². The van der Waals surface area contributed by atoms with Crippen molar-refractivity contribution in [3.8, 4) is 0 Å². The first-order valence-electron chi connectivity index (χ1n) is 8.45. The summed E-state index contributed by atoms with van der Waals surface area (Å²) in [6.07, 6.45) is 0. The minimum Gasteiger partial charge on any atom is -0.441 e. The van der Waals surface area contributed by atoms with Gasteiger partial charge in [-0.2, -0.15) is 4.68 Å². The lowest BCUT2D eigenvalue weighted by atomic mass is 10.1. The molecule has 1 atom stereocenters. The molecule has 0 fully saturated rings. The second kappa shape index (κ2) is 6.69. The van der Waals surface area contributed by atoms with Crippen LogP contribution in [0.25, 0.3) is 10.9 Å². The standard InChI is InChI=1S/C19H14N4O5/c1-11(23-17(25)12-6-2-3-7-13(12)18(23)26)19(27)28-10-22-16(24)14-8-4-5-9-15(14)20-21-22/h2-9,11H,10H2,1H3/t11-/m0/s1. The predicted molar refractivity (Wildman–Crippen MR) is 96.3 cm³/mol. The van der Waals surface area contributed by atoms with E-state index in [1.165, 1.54) is 19.1 Å². The third-order valence-corrected chi connectivity index (χ3v) is 4.51. The van der Waals surface area contributed by atoms with Gasteiger partial charge in [0.1, 0.15) is 11.6 Å². The second-order valence-corrected chi connectivity index (χ2v) is 6.21. The molecular formula is C19H14N4O5. The number of imide groups is 1. The Morgan fingerprint density at radius 1 is 1.00 bits per heavy atom. The Hall–Kier alpha value is -3.88. The molecule has 1 aliphatic heterocycles. The molecule has 0 bridgehead atoms. The zero-order chi connectivity index (χ0) is 19.8. The summed E-state index contributed by atoms with van der Waals surface area (Å²) in [7, 11) is 0. The summed E-state index contributed by atoms with van der Waals surface area (Å²) in [5.74, 6) is -1.96. The highest BCUT2D eigenvalue weighted by Crippen LogP contribution is 2.24. The van der Waals surface area contributed by atoms with Crippen LogP contribution in [0.5, 0.6) is 0 Å². The van der Waals surface area contributed by atoms with Gasteiger partial charge in [0.25, 0.3) is 17.4 Å². The molecular weight excluding hydrogens is 364 g/mol. The van der Waals surface area contributed by atoms with E-state index in [1.807, 2.05) is 0 Å². The number of rotatable bonds is 4. The van der Waals surface area contributed by atoms with Crippen LogP contribution in [-0.4, -0.2) is 43.7 Å². The van der Waals surface area contributed by atoms with E-state index in [4.69, 9.17) is 4.74 Å². The van der Waals surface area contributed by atoms with Gasteiger partial charge in [-0.1, -0.05) is 29.5 Å². The van der Waals surface area contributed by atoms with Gasteiger partial charge in [-0.05, 0) is 31.2 Å². The van der Waals surface area contributed by atoms with Gasteiger partial charge in [-0.15, -0.1) is 5.10 Å². The van der Waals surface area contributed by atoms with E-state index in [9.17, 15) is 19.2 Å². The number of ether oxygens (including phenoxy) is 1. The SMILES string of the molecule is C[C@@H](C(=O)OCn1nnc2ccccc2c1=O)N1C(=O)c2ccccc2C1=O. The summed E-state index contributed by atoms with van der Waals surface area (Å²) in [4.78, 5) is 50.5. The highest BCUT2D eigenvalue weighted by Gasteiger charge is 2.41. The molecule has 9 nitrogen and oxygen atoms in total. The van der Waals surface area contributed by atoms with Gasteiger partial charge in [-0.3, -0.25) is 19.3 Å². The third-order valence-electron chi connectivity index (χ3n) is 4.51. The monoisotopic (exact) mass is 378 g/mol. The molecule has 0 unspecified atom stereocenters. The molecule has 0 aliphatic carbocycles. The largest absolute Gasteiger partial charge is 0.441 e. The smallest absolute Gasteiger partial charge is 0.330 e. The summed E-state index contributed by atoms with van der Waals surface area (Å²) in [5.41, 5.74) is 0.439. The van der Waals surface area contributed by atoms with Gasteiger partial charge in [0.2, 0.25) is 0 Å². The van der Waals surface area contributed by atoms with E-state index in [0.29, 0.717) is 10.9 Å². The molecule has 28 heavy (non-hydrogen) atoms. The van der Waals surface area contributed by atoms with Crippen LogP contribution in [0.2, 0.25) is 0 Å². The second-order valence-electron chi connectivity index (χ2n) is 6.21. The number of fused-ring (bicyclic) bond motifs is 2. The normalized spacial score (nSPS) is 14.2. The van der Waals surface area contributed by atoms with Crippen LogP contribution in [0.4, 0.5) is 0 Å². The van der Waals surface area contributed by atoms with Crippen LogP contribution in [0.1, 0.15) is 27.6 Å². The average Bonchev–Trinajstić information content (AvgIpc) is 2.97. The molecule has 2 amide bonds. The Morgan fingerprint density at radius 2 is 1.61 bits per heavy atom. The number of nitrogens with zero attached hydrogens (tertiary/aromatic N) is 4. The topological polar surface area (TPSA) is 111 Å². The summed E-state index contributed by atoms with van der Waals surface area (Å²) in [6.45, 7) is 0.905. The molecule has 0 radical (unpaired) electrons. The van der Waals surface area contributed by atoms with E-state index in [1.54, 1.807) is 36.4 Å². The maximum atomic E-state index is 12.4. The lowest BCUT2D eigenvalue weighted by Crippen LogP contribution is -2.44. The van der Waals surface area contributed by atoms with E-state index in [0.717, 1.165) is 9.58 Å². The number of amides is 2. The number of hydrogen-bond donors (Lipinski definition) is 0. The Kier molecular flexibility index (Phi) is 4.19. The van der Waals surface area contributed by atoms with Gasteiger partial charge in [-0.25, -0.2) is 4.79 Å². The molecule has 1 aliphatic rings. The number of carbonyl (C=O) groups excluding carboxylic acids is 3. The fourth-order valence-electron chi connectivity index (χ4n) is 3.02. The lowest BCUT2D eigenvalue weighted by Gasteiger charge is -2.20. The Labute approximate surface area is 158 Å². The van der Waals surface area contributed by atoms with Crippen LogP contribution in [-0.2, 0) is 16.3 Å². The predicted octanol–water partition coefficient (Wildman–Crippen LogP) is 0.977. The van der Waals surface area contributed by atoms with Crippen molar-refractivity contribution in [2.24, 2.45) is 0 Å². The third kappa shape index (κ3) is 2.73. The van der Waals surface area contributed by atoms with Crippen molar-refractivity contribution >= 4 is 28.7 Å². The van der Waals surface area contributed by atoms with E-state index >= 15 is 0 Å². The molecule has 1 aromatic heterocycles.